The van der Waals surface area contributed by atoms with Gasteiger partial charge in [0.1, 0.15) is 0 Å². The maximum atomic E-state index is 13.2. The molecule has 0 aliphatic carbocycles. The molecule has 1 aromatic rings. The van der Waals surface area contributed by atoms with Crippen LogP contribution in [0.3, 0.4) is 0 Å². The second-order valence-electron chi connectivity index (χ2n) is 5.16. The van der Waals surface area contributed by atoms with Crippen LogP contribution >= 0.6 is 0 Å². The lowest BCUT2D eigenvalue weighted by Crippen LogP contribution is -2.50. The largest absolute Gasteiger partial charge is 0.337 e. The minimum atomic E-state index is -0.868. The first-order valence-corrected chi connectivity index (χ1v) is 7.08. The van der Waals surface area contributed by atoms with E-state index in [9.17, 15) is 13.6 Å². The van der Waals surface area contributed by atoms with E-state index < -0.39 is 11.6 Å². The Labute approximate surface area is 118 Å². The summed E-state index contributed by atoms with van der Waals surface area (Å²) in [5.74, 6) is -1.68. The number of amides is 1. The summed E-state index contributed by atoms with van der Waals surface area (Å²) in [5, 5.41) is 3.23. The molecule has 1 aliphatic heterocycles. The van der Waals surface area contributed by atoms with E-state index >= 15 is 0 Å². The third-order valence-electron chi connectivity index (χ3n) is 3.53. The lowest BCUT2D eigenvalue weighted by atomic mass is 10.0. The van der Waals surface area contributed by atoms with Crippen LogP contribution in [0.1, 0.15) is 31.7 Å². The van der Waals surface area contributed by atoms with Crippen molar-refractivity contribution in [3.63, 3.8) is 0 Å². The third-order valence-corrected chi connectivity index (χ3v) is 3.53. The topological polar surface area (TPSA) is 32.3 Å². The summed E-state index contributed by atoms with van der Waals surface area (Å²) in [6.07, 6.45) is 2.75. The van der Waals surface area contributed by atoms with E-state index in [0.717, 1.165) is 37.9 Å². The number of halogens is 2. The lowest BCUT2D eigenvalue weighted by Gasteiger charge is -2.32. The Bertz CT molecular complexity index is 479. The highest BCUT2D eigenvalue weighted by molar-refractivity contribution is 5.82. The van der Waals surface area contributed by atoms with Gasteiger partial charge in [0.15, 0.2) is 11.6 Å². The molecule has 3 nitrogen and oxygen atoms in total. The fourth-order valence-electron chi connectivity index (χ4n) is 2.46. The molecule has 0 spiro atoms. The minimum Gasteiger partial charge on any atom is -0.337 e. The number of likely N-dealkylation sites (tertiary alicyclic amines) is 1. The summed E-state index contributed by atoms with van der Waals surface area (Å²) in [6.45, 7) is 3.87. The van der Waals surface area contributed by atoms with Gasteiger partial charge in [0.25, 0.3) is 0 Å². The molecule has 20 heavy (non-hydrogen) atoms. The van der Waals surface area contributed by atoms with Crippen LogP contribution in [-0.2, 0) is 11.3 Å². The Balaban J connectivity index is 2.00. The predicted octanol–water partition coefficient (Wildman–Crippen LogP) is 2.46. The van der Waals surface area contributed by atoms with Crippen molar-refractivity contribution in [3.8, 4) is 0 Å². The number of carbonyl (C=O) groups is 1. The summed E-state index contributed by atoms with van der Waals surface area (Å²) in [6, 6.07) is 3.64. The van der Waals surface area contributed by atoms with Crippen molar-refractivity contribution in [3.05, 3.63) is 35.4 Å². The van der Waals surface area contributed by atoms with Gasteiger partial charge in [-0.05, 0) is 43.5 Å². The van der Waals surface area contributed by atoms with Crippen LogP contribution in [0.15, 0.2) is 18.2 Å². The standard InChI is InChI=1S/C15H20F2N2O/c1-2-7-18-14-4-3-8-19(15(14)20)10-11-5-6-12(16)13(17)9-11/h5-6,9,14,18H,2-4,7-8,10H2,1H3. The number of hydrogen-bond acceptors (Lipinski definition) is 2. The Morgan fingerprint density at radius 1 is 1.35 bits per heavy atom. The summed E-state index contributed by atoms with van der Waals surface area (Å²) >= 11 is 0. The van der Waals surface area contributed by atoms with E-state index in [2.05, 4.69) is 12.2 Å². The molecule has 1 amide bonds. The number of nitrogens with one attached hydrogen (secondary N) is 1. The molecule has 0 saturated carbocycles. The lowest BCUT2D eigenvalue weighted by molar-refractivity contribution is -0.136. The molecule has 1 saturated heterocycles. The molecule has 1 aromatic carbocycles. The normalized spacial score (nSPS) is 19.4. The number of hydrogen-bond donors (Lipinski definition) is 1. The molecule has 0 radical (unpaired) electrons. The second kappa shape index (κ2) is 6.79. The van der Waals surface area contributed by atoms with Crippen molar-refractivity contribution in [1.82, 2.24) is 10.2 Å². The fraction of sp³-hybridized carbons (Fsp3) is 0.533. The summed E-state index contributed by atoms with van der Waals surface area (Å²) in [4.78, 5) is 14.0. The predicted molar refractivity (Wildman–Crippen MR) is 73.1 cm³/mol. The summed E-state index contributed by atoms with van der Waals surface area (Å²) < 4.78 is 26.1. The maximum absolute atomic E-state index is 13.2. The summed E-state index contributed by atoms with van der Waals surface area (Å²) in [7, 11) is 0. The SMILES string of the molecule is CCCNC1CCCN(Cc2ccc(F)c(F)c2)C1=O. The first kappa shape index (κ1) is 14.9. The van der Waals surface area contributed by atoms with E-state index in [1.165, 1.54) is 6.07 Å². The van der Waals surface area contributed by atoms with Crippen LogP contribution in [0.4, 0.5) is 8.78 Å². The fourth-order valence-corrected chi connectivity index (χ4v) is 2.46. The van der Waals surface area contributed by atoms with E-state index in [1.807, 2.05) is 0 Å². The van der Waals surface area contributed by atoms with Crippen molar-refractivity contribution in [1.29, 1.82) is 0 Å². The van der Waals surface area contributed by atoms with Crippen molar-refractivity contribution < 1.29 is 13.6 Å². The Hall–Kier alpha value is -1.49. The maximum Gasteiger partial charge on any atom is 0.240 e. The van der Waals surface area contributed by atoms with Gasteiger partial charge < -0.3 is 10.2 Å². The monoisotopic (exact) mass is 282 g/mol. The highest BCUT2D eigenvalue weighted by atomic mass is 19.2. The van der Waals surface area contributed by atoms with Gasteiger partial charge in [0, 0.05) is 13.1 Å². The minimum absolute atomic E-state index is 0.0504. The number of benzene rings is 1. The molecular weight excluding hydrogens is 262 g/mol. The van der Waals surface area contributed by atoms with Crippen molar-refractivity contribution in [2.24, 2.45) is 0 Å². The average Bonchev–Trinajstić information content (AvgIpc) is 2.44. The highest BCUT2D eigenvalue weighted by Crippen LogP contribution is 2.17. The highest BCUT2D eigenvalue weighted by Gasteiger charge is 2.28. The molecule has 1 fully saturated rings. The molecule has 1 aliphatic rings. The van der Waals surface area contributed by atoms with Crippen LogP contribution in [0.25, 0.3) is 0 Å². The van der Waals surface area contributed by atoms with Crippen LogP contribution < -0.4 is 5.32 Å². The molecule has 5 heteroatoms. The molecule has 110 valence electrons. The average molecular weight is 282 g/mol. The smallest absolute Gasteiger partial charge is 0.240 e. The molecule has 0 aromatic heterocycles. The molecule has 1 unspecified atom stereocenters. The van der Waals surface area contributed by atoms with Crippen LogP contribution in [0.5, 0.6) is 0 Å². The number of rotatable bonds is 5. The van der Waals surface area contributed by atoms with Gasteiger partial charge in [-0.2, -0.15) is 0 Å². The summed E-state index contributed by atoms with van der Waals surface area (Å²) in [5.41, 5.74) is 0.619. The molecule has 0 bridgehead atoms. The van der Waals surface area contributed by atoms with Crippen molar-refractivity contribution in [2.45, 2.75) is 38.8 Å². The van der Waals surface area contributed by atoms with E-state index in [1.54, 1.807) is 4.90 Å². The first-order valence-electron chi connectivity index (χ1n) is 7.08. The number of nitrogens with zero attached hydrogens (tertiary/aromatic N) is 1. The zero-order valence-corrected chi connectivity index (χ0v) is 11.7. The molecular formula is C15H20F2N2O. The van der Waals surface area contributed by atoms with Gasteiger partial charge in [-0.3, -0.25) is 4.79 Å². The second-order valence-corrected chi connectivity index (χ2v) is 5.16. The van der Waals surface area contributed by atoms with Gasteiger partial charge in [-0.25, -0.2) is 8.78 Å². The van der Waals surface area contributed by atoms with Crippen LogP contribution in [0.2, 0.25) is 0 Å². The molecule has 1 atom stereocenters. The third kappa shape index (κ3) is 3.54. The first-order chi connectivity index (χ1) is 9.61. The van der Waals surface area contributed by atoms with Gasteiger partial charge in [-0.15, -0.1) is 0 Å². The van der Waals surface area contributed by atoms with E-state index in [0.29, 0.717) is 18.7 Å². The van der Waals surface area contributed by atoms with Crippen LogP contribution in [-0.4, -0.2) is 29.9 Å². The Kier molecular flexibility index (Phi) is 5.06. The van der Waals surface area contributed by atoms with Crippen molar-refractivity contribution >= 4 is 5.91 Å². The van der Waals surface area contributed by atoms with Gasteiger partial charge in [0.2, 0.25) is 5.91 Å². The van der Waals surface area contributed by atoms with Gasteiger partial charge >= 0.3 is 0 Å². The van der Waals surface area contributed by atoms with Gasteiger partial charge in [0.05, 0.1) is 6.04 Å². The quantitative estimate of drug-likeness (QED) is 0.899. The Morgan fingerprint density at radius 3 is 2.85 bits per heavy atom. The number of piperidine rings is 1. The molecule has 1 heterocycles. The zero-order chi connectivity index (χ0) is 14.5. The zero-order valence-electron chi connectivity index (χ0n) is 11.7. The van der Waals surface area contributed by atoms with Crippen LogP contribution in [0, 0.1) is 11.6 Å². The van der Waals surface area contributed by atoms with E-state index in [-0.39, 0.29) is 11.9 Å². The number of carbonyl (C=O) groups excluding carboxylic acids is 1. The Morgan fingerprint density at radius 2 is 2.15 bits per heavy atom. The molecule has 2 rings (SSSR count). The molecule has 1 N–H and O–H groups in total. The van der Waals surface area contributed by atoms with E-state index in [4.69, 9.17) is 0 Å². The van der Waals surface area contributed by atoms with Gasteiger partial charge in [-0.1, -0.05) is 13.0 Å². The van der Waals surface area contributed by atoms with Crippen molar-refractivity contribution in [2.75, 3.05) is 13.1 Å².